The van der Waals surface area contributed by atoms with E-state index in [4.69, 9.17) is 10.5 Å². The van der Waals surface area contributed by atoms with Gasteiger partial charge in [0.05, 0.1) is 29.6 Å². The number of thiophene rings is 1. The third-order valence-electron chi connectivity index (χ3n) is 5.35. The van der Waals surface area contributed by atoms with Crippen LogP contribution in [0.5, 0.6) is 5.75 Å². The van der Waals surface area contributed by atoms with Gasteiger partial charge < -0.3 is 20.7 Å². The molecule has 7 heteroatoms. The molecule has 1 unspecified atom stereocenters. The molecule has 0 spiro atoms. The van der Waals surface area contributed by atoms with Crippen molar-refractivity contribution in [2.75, 3.05) is 18.5 Å². The Bertz CT molecular complexity index is 874. The highest BCUT2D eigenvalue weighted by atomic mass is 32.1. The second-order valence-corrected chi connectivity index (χ2v) is 8.85. The summed E-state index contributed by atoms with van der Waals surface area (Å²) < 4.78 is 5.64. The minimum Gasteiger partial charge on any atom is -0.494 e. The van der Waals surface area contributed by atoms with Crippen molar-refractivity contribution in [3.8, 4) is 5.75 Å². The Morgan fingerprint density at radius 1 is 1.28 bits per heavy atom. The topological polar surface area (TPSA) is 85.9 Å². The molecule has 1 aromatic carbocycles. The number of hydrogen-bond donors (Lipinski definition) is 3. The van der Waals surface area contributed by atoms with Crippen LogP contribution in [0, 0.1) is 0 Å². The van der Waals surface area contributed by atoms with Gasteiger partial charge in [0.25, 0.3) is 11.8 Å². The van der Waals surface area contributed by atoms with E-state index in [-0.39, 0.29) is 5.91 Å². The molecule has 0 saturated carbocycles. The molecule has 4 N–H and O–H groups in total. The van der Waals surface area contributed by atoms with E-state index < -0.39 is 5.91 Å². The summed E-state index contributed by atoms with van der Waals surface area (Å²) in [4.78, 5) is 27.5. The Morgan fingerprint density at radius 3 is 2.62 bits per heavy atom. The molecule has 2 amide bonds. The Balaban J connectivity index is 1.76. The summed E-state index contributed by atoms with van der Waals surface area (Å²) >= 11 is 1.47. The average Bonchev–Trinajstić information content (AvgIpc) is 3.05. The third kappa shape index (κ3) is 4.97. The number of hydrogen-bond acceptors (Lipinski definition) is 4. The lowest BCUT2D eigenvalue weighted by Crippen LogP contribution is -3.14. The van der Waals surface area contributed by atoms with Crippen LogP contribution in [0.25, 0.3) is 0 Å². The molecule has 1 aliphatic rings. The second kappa shape index (κ2) is 9.41. The van der Waals surface area contributed by atoms with Gasteiger partial charge in [0.2, 0.25) is 0 Å². The predicted molar refractivity (Wildman–Crippen MR) is 116 cm³/mol. The molecule has 6 nitrogen and oxygen atoms in total. The zero-order valence-electron chi connectivity index (χ0n) is 17.3. The first kappa shape index (κ1) is 21.3. The standard InChI is InChI=1S/C22H29N3O3S/c1-4-5-12-28-16-8-6-15(7-9-16)21(27)24-22-19(20(23)26)17-10-11-25(14(2)3)13-18(17)29-22/h6-9,14H,4-5,10-13H2,1-3H3,(H2,23,26)(H,24,27)/p+1. The van der Waals surface area contributed by atoms with Crippen molar-refractivity contribution in [1.29, 1.82) is 0 Å². The number of fused-ring (bicyclic) bond motifs is 1. The van der Waals surface area contributed by atoms with Gasteiger partial charge in [-0.15, -0.1) is 11.3 Å². The van der Waals surface area contributed by atoms with Crippen molar-refractivity contribution in [2.45, 2.75) is 52.6 Å². The van der Waals surface area contributed by atoms with Crippen LogP contribution < -0.4 is 20.7 Å². The van der Waals surface area contributed by atoms with E-state index >= 15 is 0 Å². The summed E-state index contributed by atoms with van der Waals surface area (Å²) in [5.74, 6) is 0.0147. The van der Waals surface area contributed by atoms with Crippen molar-refractivity contribution in [1.82, 2.24) is 0 Å². The molecule has 0 saturated heterocycles. The van der Waals surface area contributed by atoms with Crippen molar-refractivity contribution in [3.63, 3.8) is 0 Å². The van der Waals surface area contributed by atoms with Crippen LogP contribution in [0.1, 0.15) is 64.8 Å². The van der Waals surface area contributed by atoms with Gasteiger partial charge in [0.1, 0.15) is 17.3 Å². The van der Waals surface area contributed by atoms with Crippen LogP contribution in [0.4, 0.5) is 5.00 Å². The first-order valence-corrected chi connectivity index (χ1v) is 11.1. The Morgan fingerprint density at radius 2 is 2.00 bits per heavy atom. The van der Waals surface area contributed by atoms with Gasteiger partial charge in [-0.1, -0.05) is 13.3 Å². The summed E-state index contributed by atoms with van der Waals surface area (Å²) in [6, 6.07) is 7.57. The molecular weight excluding hydrogens is 386 g/mol. The number of carbonyl (C=O) groups excluding carboxylic acids is 2. The van der Waals surface area contributed by atoms with Crippen molar-refractivity contribution in [3.05, 3.63) is 45.8 Å². The van der Waals surface area contributed by atoms with E-state index in [9.17, 15) is 9.59 Å². The number of benzene rings is 1. The average molecular weight is 417 g/mol. The number of rotatable bonds is 8. The van der Waals surface area contributed by atoms with E-state index in [0.717, 1.165) is 48.5 Å². The summed E-state index contributed by atoms with van der Waals surface area (Å²) in [5, 5.41) is 3.47. The molecule has 0 aliphatic carbocycles. The Hall–Kier alpha value is -2.38. The van der Waals surface area contributed by atoms with Crippen LogP contribution in [0.15, 0.2) is 24.3 Å². The molecule has 0 radical (unpaired) electrons. The number of amides is 2. The minimum absolute atomic E-state index is 0.251. The SMILES string of the molecule is CCCCOc1ccc(C(=O)Nc2sc3c(c2C(N)=O)CC[NH+](C(C)C)C3)cc1. The zero-order chi connectivity index (χ0) is 21.0. The summed E-state index contributed by atoms with van der Waals surface area (Å²) in [5.41, 5.74) is 7.66. The Kier molecular flexibility index (Phi) is 6.92. The maximum Gasteiger partial charge on any atom is 0.256 e. The van der Waals surface area contributed by atoms with E-state index in [2.05, 4.69) is 26.1 Å². The van der Waals surface area contributed by atoms with Crippen molar-refractivity contribution >= 4 is 28.2 Å². The van der Waals surface area contributed by atoms with E-state index in [0.29, 0.717) is 28.8 Å². The van der Waals surface area contributed by atoms with Crippen molar-refractivity contribution < 1.29 is 19.2 Å². The van der Waals surface area contributed by atoms with Crippen LogP contribution in [0.2, 0.25) is 0 Å². The monoisotopic (exact) mass is 416 g/mol. The lowest BCUT2D eigenvalue weighted by Gasteiger charge is -2.27. The smallest absolute Gasteiger partial charge is 0.256 e. The fourth-order valence-electron chi connectivity index (χ4n) is 3.55. The van der Waals surface area contributed by atoms with E-state index in [1.165, 1.54) is 16.2 Å². The third-order valence-corrected chi connectivity index (χ3v) is 6.49. The molecule has 29 heavy (non-hydrogen) atoms. The number of carbonyl (C=O) groups is 2. The highest BCUT2D eigenvalue weighted by Gasteiger charge is 2.30. The maximum absolute atomic E-state index is 12.7. The lowest BCUT2D eigenvalue weighted by atomic mass is 10.0. The number of quaternary nitrogens is 1. The van der Waals surface area contributed by atoms with Crippen LogP contribution in [-0.2, 0) is 13.0 Å². The predicted octanol–water partition coefficient (Wildman–Crippen LogP) is 2.63. The second-order valence-electron chi connectivity index (χ2n) is 7.74. The number of ether oxygens (including phenoxy) is 1. The van der Waals surface area contributed by atoms with Gasteiger partial charge in [-0.3, -0.25) is 9.59 Å². The molecule has 1 aromatic heterocycles. The number of anilines is 1. The number of unbranched alkanes of at least 4 members (excludes halogenated alkanes) is 1. The molecule has 2 heterocycles. The fraction of sp³-hybridized carbons (Fsp3) is 0.455. The zero-order valence-corrected chi connectivity index (χ0v) is 18.2. The van der Waals surface area contributed by atoms with Crippen molar-refractivity contribution in [2.24, 2.45) is 5.73 Å². The van der Waals surface area contributed by atoms with Crippen LogP contribution in [-0.4, -0.2) is 31.0 Å². The Labute approximate surface area is 176 Å². The van der Waals surface area contributed by atoms with Crippen LogP contribution >= 0.6 is 11.3 Å². The summed E-state index contributed by atoms with van der Waals surface area (Å²) in [6.45, 7) is 9.00. The largest absolute Gasteiger partial charge is 0.494 e. The molecule has 3 rings (SSSR count). The molecular formula is C22H30N3O3S+. The highest BCUT2D eigenvalue weighted by molar-refractivity contribution is 7.17. The molecule has 1 aliphatic heterocycles. The summed E-state index contributed by atoms with van der Waals surface area (Å²) in [6.07, 6.45) is 2.87. The van der Waals surface area contributed by atoms with Gasteiger partial charge in [-0.05, 0) is 50.1 Å². The summed E-state index contributed by atoms with van der Waals surface area (Å²) in [7, 11) is 0. The molecule has 0 bridgehead atoms. The van der Waals surface area contributed by atoms with Gasteiger partial charge in [0.15, 0.2) is 0 Å². The number of primary amides is 1. The maximum atomic E-state index is 12.7. The van der Waals surface area contributed by atoms with Crippen LogP contribution in [0.3, 0.4) is 0 Å². The van der Waals surface area contributed by atoms with Gasteiger partial charge in [-0.25, -0.2) is 0 Å². The lowest BCUT2D eigenvalue weighted by molar-refractivity contribution is -0.936. The normalized spacial score (nSPS) is 15.8. The molecule has 1 atom stereocenters. The minimum atomic E-state index is -0.481. The number of nitrogens with one attached hydrogen (secondary N) is 2. The first-order chi connectivity index (χ1) is 13.9. The van der Waals surface area contributed by atoms with Gasteiger partial charge in [-0.2, -0.15) is 0 Å². The first-order valence-electron chi connectivity index (χ1n) is 10.2. The fourth-order valence-corrected chi connectivity index (χ4v) is 4.85. The molecule has 0 fully saturated rings. The molecule has 2 aromatic rings. The van der Waals surface area contributed by atoms with E-state index in [1.807, 2.05) is 0 Å². The number of nitrogens with two attached hydrogens (primary N) is 1. The van der Waals surface area contributed by atoms with Gasteiger partial charge >= 0.3 is 0 Å². The van der Waals surface area contributed by atoms with E-state index in [1.54, 1.807) is 24.3 Å². The molecule has 156 valence electrons. The van der Waals surface area contributed by atoms with Gasteiger partial charge in [0, 0.05) is 12.0 Å². The highest BCUT2D eigenvalue weighted by Crippen LogP contribution is 2.34. The quantitative estimate of drug-likeness (QED) is 0.578.